The van der Waals surface area contributed by atoms with Gasteiger partial charge in [-0.2, -0.15) is 0 Å². The van der Waals surface area contributed by atoms with Gasteiger partial charge in [0.05, 0.1) is 32.8 Å². The van der Waals surface area contributed by atoms with Crippen molar-refractivity contribution in [1.29, 1.82) is 0 Å². The first kappa shape index (κ1) is 58.8. The number of phosphoric acid groups is 3. The van der Waals surface area contributed by atoms with E-state index in [1.54, 1.807) is 13.8 Å². The van der Waals surface area contributed by atoms with Crippen molar-refractivity contribution in [2.75, 3.05) is 32.0 Å². The zero-order valence-electron chi connectivity index (χ0n) is 40.2. The number of carboxylic acids is 1. The fraction of sp³-hybridized carbons (Fsp3) is 0.651. The van der Waals surface area contributed by atoms with Crippen molar-refractivity contribution in [2.45, 2.75) is 135 Å². The fourth-order valence-electron chi connectivity index (χ4n) is 7.98. The number of carbonyl (C=O) groups excluding carboxylic acids is 3. The molecule has 2 amide bonds. The van der Waals surface area contributed by atoms with E-state index < -0.39 is 95.9 Å². The number of nitrogens with zero attached hydrogens (tertiary/aromatic N) is 4. The molecule has 7 N–H and O–H groups in total. The third-order valence-corrected chi connectivity index (χ3v) is 15.7. The van der Waals surface area contributed by atoms with Crippen molar-refractivity contribution in [3.63, 3.8) is 0 Å². The van der Waals surface area contributed by atoms with Gasteiger partial charge in [-0.05, 0) is 76.3 Å². The number of ketones is 1. The Morgan fingerprint density at radius 2 is 1.51 bits per heavy atom. The van der Waals surface area contributed by atoms with Crippen molar-refractivity contribution in [2.24, 2.45) is 16.2 Å². The maximum atomic E-state index is 13.1. The lowest BCUT2D eigenvalue weighted by atomic mass is 9.87. The predicted octanol–water partition coefficient (Wildman–Crippen LogP) is 0.853. The number of carbonyl (C=O) groups is 4. The molecular formula is C43H62N7O19P3-4. The maximum absolute atomic E-state index is 13.1. The summed E-state index contributed by atoms with van der Waals surface area (Å²) < 4.78 is 61.0. The Balaban J connectivity index is 0.966. The number of phosphoric ester groups is 3. The average molecular weight is 1070 g/mol. The number of hydrogen-bond donors (Lipinski definition) is 6. The van der Waals surface area contributed by atoms with Crippen LogP contribution in [0.4, 0.5) is 5.82 Å². The van der Waals surface area contributed by atoms with E-state index in [1.165, 1.54) is 25.0 Å². The highest BCUT2D eigenvalue weighted by atomic mass is 31.3. The molecule has 2 aliphatic rings. The van der Waals surface area contributed by atoms with E-state index in [2.05, 4.69) is 67.7 Å². The van der Waals surface area contributed by atoms with E-state index in [0.717, 1.165) is 75.0 Å². The number of fused-ring (bicyclic) bond motifs is 1. The molecule has 1 aliphatic heterocycles. The van der Waals surface area contributed by atoms with Crippen molar-refractivity contribution >= 4 is 64.0 Å². The molecule has 5 rings (SSSR count). The molecule has 1 saturated carbocycles. The monoisotopic (exact) mass is 1070 g/mol. The van der Waals surface area contributed by atoms with Crippen molar-refractivity contribution in [3.8, 4) is 0 Å². The number of aliphatic hydroxyl groups is 2. The van der Waals surface area contributed by atoms with Crippen molar-refractivity contribution in [3.05, 3.63) is 48.0 Å². The number of Topliss-reactive ketones (excluding diaryl/α,β-unsaturated/α-hetero) is 1. The highest BCUT2D eigenvalue weighted by molar-refractivity contribution is 7.59. The van der Waals surface area contributed by atoms with Crippen LogP contribution in [0, 0.1) is 16.2 Å². The number of hydrogen-bond acceptors (Lipinski definition) is 22. The van der Waals surface area contributed by atoms with E-state index in [-0.39, 0.29) is 54.1 Å². The number of aliphatic hydroxyl groups excluding tert-OH is 2. The highest BCUT2D eigenvalue weighted by Gasteiger charge is 2.49. The van der Waals surface area contributed by atoms with E-state index in [0.29, 0.717) is 6.42 Å². The van der Waals surface area contributed by atoms with E-state index in [1.807, 2.05) is 0 Å². The number of benzene rings is 1. The van der Waals surface area contributed by atoms with Crippen LogP contribution in [-0.4, -0.2) is 109 Å². The van der Waals surface area contributed by atoms with Gasteiger partial charge in [-0.15, -0.1) is 0 Å². The lowest BCUT2D eigenvalue weighted by Gasteiger charge is -2.36. The van der Waals surface area contributed by atoms with Gasteiger partial charge in [0.2, 0.25) is 11.8 Å². The standard InChI is InChI=1S/C43H66N7O19P3/c1-41(2,40(56)57)17-7-5-9-27-11-13-28(14-12-27)10-6-8-18-43(19-20-43)30(51)15-21-45-31(52)16-22-46-38(55)35(54)42(3,4)24-66-72(63,64)69-71(61,62)65-23-29-34(68-70(58,59)60)33(53)39(67-29)50-26-49-32-36(44)47-25-48-37(32)50/h11-14,25-26,29,33-35,39,53-54H,5-10,15-24H2,1-4H3,(H,45,52)(H,46,55)(H,56,57)(H,61,62)(H,63,64)(H2,44,47,48)(H2,58,59,60)/p-4. The SMILES string of the molecule is CC(C)(CCCCc1ccc(CCCCC2(C(=O)CCNC(=O)CCNC(=O)C(O)C(C)(C)COP(=O)([O-])OP(=O)([O-])OCC3OC(n4cnc5c(N)ncnc54)C(O)C3OP(=O)([O-])[O-])CC2)cc1)C(=O)O. The number of unbranched alkanes of at least 4 members (excludes halogenated alkanes) is 2. The predicted molar refractivity (Wildman–Crippen MR) is 245 cm³/mol. The van der Waals surface area contributed by atoms with Crippen molar-refractivity contribution in [1.82, 2.24) is 30.2 Å². The third kappa shape index (κ3) is 17.0. The molecular weight excluding hydrogens is 1010 g/mol. The molecule has 402 valence electrons. The van der Waals surface area contributed by atoms with E-state index >= 15 is 0 Å². The molecule has 7 unspecified atom stereocenters. The van der Waals surface area contributed by atoms with Gasteiger partial charge in [-0.25, -0.2) is 19.3 Å². The molecule has 1 aromatic carbocycles. The number of rotatable bonds is 31. The molecule has 26 nitrogen and oxygen atoms in total. The normalized spacial score (nSPS) is 21.1. The molecule has 2 fully saturated rings. The minimum atomic E-state index is -5.94. The number of amides is 2. The van der Waals surface area contributed by atoms with Crippen LogP contribution in [0.25, 0.3) is 11.2 Å². The molecule has 7 atom stereocenters. The quantitative estimate of drug-likeness (QED) is 0.0384. The van der Waals surface area contributed by atoms with Crippen LogP contribution in [0.15, 0.2) is 36.9 Å². The van der Waals surface area contributed by atoms with Gasteiger partial charge in [0.25, 0.3) is 15.6 Å². The topological polar surface area (TPSA) is 412 Å². The van der Waals surface area contributed by atoms with Gasteiger partial charge >= 0.3 is 5.97 Å². The summed E-state index contributed by atoms with van der Waals surface area (Å²) in [5.74, 6) is -2.29. The van der Waals surface area contributed by atoms with Gasteiger partial charge in [0.15, 0.2) is 17.7 Å². The summed E-state index contributed by atoms with van der Waals surface area (Å²) >= 11 is 0. The fourth-order valence-corrected chi connectivity index (χ4v) is 10.7. The van der Waals surface area contributed by atoms with Gasteiger partial charge in [0.1, 0.15) is 42.0 Å². The number of imidazole rings is 1. The van der Waals surface area contributed by atoms with Crippen LogP contribution in [-0.2, 0) is 68.3 Å². The number of nitrogen functional groups attached to an aromatic ring is 1. The number of nitrogens with two attached hydrogens (primary N) is 1. The summed E-state index contributed by atoms with van der Waals surface area (Å²) in [7, 11) is -17.7. The number of aliphatic carboxylic acids is 1. The minimum absolute atomic E-state index is 0.0259. The summed E-state index contributed by atoms with van der Waals surface area (Å²) in [6, 6.07) is 8.44. The van der Waals surface area contributed by atoms with Gasteiger partial charge in [-0.1, -0.05) is 51.0 Å². The van der Waals surface area contributed by atoms with Crippen LogP contribution in [0.3, 0.4) is 0 Å². The van der Waals surface area contributed by atoms with Crippen LogP contribution in [0.2, 0.25) is 0 Å². The zero-order valence-corrected chi connectivity index (χ0v) is 42.9. The smallest absolute Gasteiger partial charge is 0.309 e. The number of anilines is 1. The first-order valence-electron chi connectivity index (χ1n) is 23.2. The summed E-state index contributed by atoms with van der Waals surface area (Å²) in [6.07, 6.45) is 0.768. The van der Waals surface area contributed by atoms with Crippen LogP contribution in [0.1, 0.15) is 109 Å². The maximum Gasteiger partial charge on any atom is 0.309 e. The molecule has 1 aliphatic carbocycles. The summed E-state index contributed by atoms with van der Waals surface area (Å²) in [4.78, 5) is 109. The molecule has 0 bridgehead atoms. The minimum Gasteiger partial charge on any atom is -0.790 e. The number of nitrogens with one attached hydrogen (secondary N) is 2. The van der Waals surface area contributed by atoms with E-state index in [9.17, 15) is 67.8 Å². The third-order valence-electron chi connectivity index (χ3n) is 12.7. The van der Waals surface area contributed by atoms with Gasteiger partial charge < -0.3 is 74.1 Å². The lowest BCUT2D eigenvalue weighted by molar-refractivity contribution is -0.347. The van der Waals surface area contributed by atoms with Crippen LogP contribution in [0.5, 0.6) is 0 Å². The Labute approximate surface area is 415 Å². The Morgan fingerprint density at radius 1 is 0.903 bits per heavy atom. The van der Waals surface area contributed by atoms with Crippen LogP contribution >= 0.6 is 23.5 Å². The molecule has 3 aromatic rings. The summed E-state index contributed by atoms with van der Waals surface area (Å²) in [5, 5.41) is 35.8. The molecule has 29 heteroatoms. The largest absolute Gasteiger partial charge is 0.790 e. The van der Waals surface area contributed by atoms with E-state index in [4.69, 9.17) is 10.5 Å². The Hall–Kier alpha value is -4.10. The molecule has 72 heavy (non-hydrogen) atoms. The lowest BCUT2D eigenvalue weighted by Crippen LogP contribution is -2.46. The number of carboxylic acid groups (broad SMARTS) is 1. The summed E-state index contributed by atoms with van der Waals surface area (Å²) in [6.45, 7) is 3.44. The highest BCUT2D eigenvalue weighted by Crippen LogP contribution is 2.57. The second-order valence-electron chi connectivity index (χ2n) is 19.4. The Kier molecular flexibility index (Phi) is 20.0. The second-order valence-corrected chi connectivity index (χ2v) is 23.4. The molecule has 0 spiro atoms. The van der Waals surface area contributed by atoms with Gasteiger partial charge in [-0.3, -0.25) is 32.9 Å². The zero-order chi connectivity index (χ0) is 53.3. The van der Waals surface area contributed by atoms with Crippen LogP contribution < -0.4 is 35.9 Å². The number of ether oxygens (including phenoxy) is 1. The van der Waals surface area contributed by atoms with Gasteiger partial charge in [0, 0.05) is 36.8 Å². The second kappa shape index (κ2) is 24.5. The molecule has 2 aromatic heterocycles. The number of aromatic nitrogens is 4. The van der Waals surface area contributed by atoms with Crippen molar-refractivity contribution < 1.29 is 90.4 Å². The molecule has 1 saturated heterocycles. The first-order valence-corrected chi connectivity index (χ1v) is 27.6. The Bertz CT molecular complexity index is 2520. The summed E-state index contributed by atoms with van der Waals surface area (Å²) in [5.41, 5.74) is 5.38. The first-order chi connectivity index (χ1) is 33.5. The molecule has 0 radical (unpaired) electrons. The average Bonchev–Trinajstić information content (AvgIpc) is 3.87. The number of aryl methyl sites for hydroxylation is 2. The Morgan fingerprint density at radius 3 is 2.12 bits per heavy atom. The molecule has 3 heterocycles.